The summed E-state index contributed by atoms with van der Waals surface area (Å²) in [4.78, 5) is 26.8. The molecule has 0 fully saturated rings. The lowest BCUT2D eigenvalue weighted by atomic mass is 10.1. The van der Waals surface area contributed by atoms with Gasteiger partial charge in [-0.3, -0.25) is 14.3 Å². The number of hydrogen-bond donors (Lipinski definition) is 2. The first kappa shape index (κ1) is 20.0. The fraction of sp³-hybridized carbons (Fsp3) is 0.421. The van der Waals surface area contributed by atoms with Gasteiger partial charge >= 0.3 is 0 Å². The third kappa shape index (κ3) is 4.85. The van der Waals surface area contributed by atoms with Crippen LogP contribution in [0, 0.1) is 20.8 Å². The second kappa shape index (κ2) is 8.85. The molecule has 0 atom stereocenters. The minimum absolute atomic E-state index is 0.174. The molecule has 6 nitrogen and oxygen atoms in total. The molecule has 0 bridgehead atoms. The van der Waals surface area contributed by atoms with Crippen LogP contribution >= 0.6 is 11.6 Å². The zero-order valence-electron chi connectivity index (χ0n) is 15.6. The molecule has 0 saturated carbocycles. The number of aromatic nitrogens is 3. The fourth-order valence-corrected chi connectivity index (χ4v) is 3.03. The number of aromatic amines is 1. The van der Waals surface area contributed by atoms with Crippen LogP contribution in [-0.4, -0.2) is 20.7 Å². The van der Waals surface area contributed by atoms with Crippen LogP contribution in [0.5, 0.6) is 0 Å². The van der Waals surface area contributed by atoms with Gasteiger partial charge in [0.1, 0.15) is 5.15 Å². The molecule has 2 rings (SSSR count). The summed E-state index contributed by atoms with van der Waals surface area (Å²) >= 11 is 6.35. The van der Waals surface area contributed by atoms with Crippen molar-refractivity contribution in [2.75, 3.05) is 0 Å². The summed E-state index contributed by atoms with van der Waals surface area (Å²) in [6.45, 7) is 8.58. The van der Waals surface area contributed by atoms with Crippen molar-refractivity contribution in [1.29, 1.82) is 0 Å². The topological polar surface area (TPSA) is 79.8 Å². The van der Waals surface area contributed by atoms with Crippen LogP contribution in [0.25, 0.3) is 6.08 Å². The maximum absolute atomic E-state index is 12.1. The predicted octanol–water partition coefficient (Wildman–Crippen LogP) is 3.28. The summed E-state index contributed by atoms with van der Waals surface area (Å²) < 4.78 is 1.76. The Balaban J connectivity index is 2.04. The van der Waals surface area contributed by atoms with E-state index in [1.54, 1.807) is 10.8 Å². The molecule has 0 aliphatic heterocycles. The zero-order chi connectivity index (χ0) is 19.3. The van der Waals surface area contributed by atoms with Crippen LogP contribution < -0.4 is 10.9 Å². The molecule has 0 unspecified atom stereocenters. The fourth-order valence-electron chi connectivity index (χ4n) is 2.71. The summed E-state index contributed by atoms with van der Waals surface area (Å²) in [5.74, 6) is -0.291. The Morgan fingerprint density at radius 1 is 1.38 bits per heavy atom. The summed E-state index contributed by atoms with van der Waals surface area (Å²) in [6.07, 6.45) is 5.13. The van der Waals surface area contributed by atoms with E-state index in [1.165, 1.54) is 6.08 Å². The van der Waals surface area contributed by atoms with Crippen molar-refractivity contribution in [1.82, 2.24) is 20.1 Å². The highest BCUT2D eigenvalue weighted by Gasteiger charge is 2.11. The third-order valence-electron chi connectivity index (χ3n) is 4.17. The van der Waals surface area contributed by atoms with Crippen LogP contribution in [0.2, 0.25) is 5.15 Å². The van der Waals surface area contributed by atoms with Gasteiger partial charge in [0, 0.05) is 36.0 Å². The second-order valence-electron chi connectivity index (χ2n) is 6.36. The van der Waals surface area contributed by atoms with Crippen molar-refractivity contribution in [3.05, 3.63) is 55.7 Å². The molecule has 2 heterocycles. The van der Waals surface area contributed by atoms with Gasteiger partial charge in [-0.2, -0.15) is 5.10 Å². The SMILES string of the molecule is CCCCn1nc(C)c(/C=C/C(=O)NCc2c(C)cc(C)[nH]c2=O)c1Cl. The van der Waals surface area contributed by atoms with E-state index in [1.807, 2.05) is 26.8 Å². The van der Waals surface area contributed by atoms with E-state index in [4.69, 9.17) is 11.6 Å². The molecule has 1 amide bonds. The maximum Gasteiger partial charge on any atom is 0.253 e. The molecule has 0 aromatic carbocycles. The Hall–Kier alpha value is -2.34. The first-order chi connectivity index (χ1) is 12.3. The predicted molar refractivity (Wildman–Crippen MR) is 104 cm³/mol. The quantitative estimate of drug-likeness (QED) is 0.728. The Morgan fingerprint density at radius 3 is 2.77 bits per heavy atom. The molecular weight excluding hydrogens is 352 g/mol. The Labute approximate surface area is 158 Å². The highest BCUT2D eigenvalue weighted by atomic mass is 35.5. The number of carbonyl (C=O) groups is 1. The number of aryl methyl sites for hydroxylation is 4. The monoisotopic (exact) mass is 376 g/mol. The average molecular weight is 377 g/mol. The van der Waals surface area contributed by atoms with Crippen LogP contribution in [-0.2, 0) is 17.9 Å². The van der Waals surface area contributed by atoms with Crippen molar-refractivity contribution < 1.29 is 4.79 Å². The van der Waals surface area contributed by atoms with Gasteiger partial charge in [0.15, 0.2) is 0 Å². The van der Waals surface area contributed by atoms with E-state index in [-0.39, 0.29) is 18.0 Å². The number of pyridine rings is 1. The van der Waals surface area contributed by atoms with Gasteiger partial charge in [-0.15, -0.1) is 0 Å². The minimum atomic E-state index is -0.291. The highest BCUT2D eigenvalue weighted by molar-refractivity contribution is 6.31. The Kier molecular flexibility index (Phi) is 6.80. The van der Waals surface area contributed by atoms with E-state index < -0.39 is 0 Å². The van der Waals surface area contributed by atoms with Crippen LogP contribution in [0.4, 0.5) is 0 Å². The van der Waals surface area contributed by atoms with Gasteiger partial charge in [-0.05, 0) is 44.9 Å². The van der Waals surface area contributed by atoms with E-state index in [0.29, 0.717) is 10.7 Å². The molecule has 2 aromatic heterocycles. The lowest BCUT2D eigenvalue weighted by molar-refractivity contribution is -0.116. The highest BCUT2D eigenvalue weighted by Crippen LogP contribution is 2.21. The maximum atomic E-state index is 12.1. The molecule has 0 aliphatic carbocycles. The van der Waals surface area contributed by atoms with Gasteiger partial charge in [0.2, 0.25) is 5.91 Å². The van der Waals surface area contributed by atoms with Crippen LogP contribution in [0.3, 0.4) is 0 Å². The molecule has 0 aliphatic rings. The Bertz CT molecular complexity index is 880. The number of hydrogen-bond acceptors (Lipinski definition) is 3. The second-order valence-corrected chi connectivity index (χ2v) is 6.72. The normalized spacial score (nSPS) is 11.3. The van der Waals surface area contributed by atoms with Crippen molar-refractivity contribution >= 4 is 23.6 Å². The van der Waals surface area contributed by atoms with Gasteiger partial charge in [-0.25, -0.2) is 0 Å². The summed E-state index contributed by atoms with van der Waals surface area (Å²) in [5.41, 5.74) is 3.55. The van der Waals surface area contributed by atoms with E-state index in [9.17, 15) is 9.59 Å². The van der Waals surface area contributed by atoms with Gasteiger partial charge in [0.05, 0.1) is 5.69 Å². The molecule has 26 heavy (non-hydrogen) atoms. The van der Waals surface area contributed by atoms with Crippen molar-refractivity contribution in [3.63, 3.8) is 0 Å². The number of nitrogens with one attached hydrogen (secondary N) is 2. The summed E-state index contributed by atoms with van der Waals surface area (Å²) in [5, 5.41) is 7.67. The molecule has 0 saturated heterocycles. The summed E-state index contributed by atoms with van der Waals surface area (Å²) in [6, 6.07) is 1.88. The molecule has 0 spiro atoms. The first-order valence-electron chi connectivity index (χ1n) is 8.71. The molecule has 2 aromatic rings. The number of nitrogens with zero attached hydrogens (tertiary/aromatic N) is 2. The zero-order valence-corrected chi connectivity index (χ0v) is 16.4. The van der Waals surface area contributed by atoms with E-state index >= 15 is 0 Å². The average Bonchev–Trinajstić information content (AvgIpc) is 2.83. The number of rotatable bonds is 7. The lowest BCUT2D eigenvalue weighted by Gasteiger charge is -2.06. The van der Waals surface area contributed by atoms with Crippen LogP contribution in [0.1, 0.15) is 47.8 Å². The molecular formula is C19H25ClN4O2. The van der Waals surface area contributed by atoms with Crippen molar-refractivity contribution in [2.24, 2.45) is 0 Å². The van der Waals surface area contributed by atoms with Gasteiger partial charge in [0.25, 0.3) is 5.56 Å². The molecule has 140 valence electrons. The third-order valence-corrected chi connectivity index (χ3v) is 4.57. The van der Waals surface area contributed by atoms with E-state index in [0.717, 1.165) is 41.9 Å². The number of carbonyl (C=O) groups excluding carboxylic acids is 1. The Morgan fingerprint density at radius 2 is 2.12 bits per heavy atom. The molecule has 0 radical (unpaired) electrons. The van der Waals surface area contributed by atoms with Gasteiger partial charge in [-0.1, -0.05) is 24.9 Å². The largest absolute Gasteiger partial charge is 0.348 e. The number of amides is 1. The first-order valence-corrected chi connectivity index (χ1v) is 9.09. The lowest BCUT2D eigenvalue weighted by Crippen LogP contribution is -2.26. The van der Waals surface area contributed by atoms with Crippen molar-refractivity contribution in [3.8, 4) is 0 Å². The number of H-pyrrole nitrogens is 1. The van der Waals surface area contributed by atoms with Crippen LogP contribution in [0.15, 0.2) is 16.9 Å². The number of halogens is 1. The minimum Gasteiger partial charge on any atom is -0.348 e. The van der Waals surface area contributed by atoms with E-state index in [2.05, 4.69) is 22.3 Å². The molecule has 2 N–H and O–H groups in total. The molecule has 7 heteroatoms. The van der Waals surface area contributed by atoms with Gasteiger partial charge < -0.3 is 10.3 Å². The smallest absolute Gasteiger partial charge is 0.253 e. The standard InChI is InChI=1S/C19H25ClN4O2/c1-5-6-9-24-18(20)15(14(4)23-24)7-8-17(25)21-11-16-12(2)10-13(3)22-19(16)26/h7-8,10H,5-6,9,11H2,1-4H3,(H,21,25)(H,22,26)/b8-7+. The number of unbranched alkanes of at least 4 members (excludes halogenated alkanes) is 1. The van der Waals surface area contributed by atoms with Crippen molar-refractivity contribution in [2.45, 2.75) is 53.6 Å². The summed E-state index contributed by atoms with van der Waals surface area (Å²) in [7, 11) is 0.